The molecule has 0 radical (unpaired) electrons. The molecule has 1 aromatic rings. The fraction of sp³-hybridized carbons (Fsp3) is 0.636. The number of hydrogen-bond donors (Lipinski definition) is 2. The summed E-state index contributed by atoms with van der Waals surface area (Å²) < 4.78 is 0. The van der Waals surface area contributed by atoms with Crippen LogP contribution in [0.3, 0.4) is 0 Å². The molecule has 24 heavy (non-hydrogen) atoms. The second kappa shape index (κ2) is 10.5. The molecule has 1 fully saturated rings. The maximum Gasteiger partial charge on any atom is 0.105 e. The molecule has 132 valence electrons. The highest BCUT2D eigenvalue weighted by Crippen LogP contribution is 2.27. The molecule has 2 atom stereocenters. The van der Waals surface area contributed by atoms with Crippen LogP contribution in [0.25, 0.3) is 0 Å². The van der Waals surface area contributed by atoms with Crippen molar-refractivity contribution >= 4 is 0 Å². The molecule has 0 aliphatic heterocycles. The maximum absolute atomic E-state index is 9.33. The van der Waals surface area contributed by atoms with Gasteiger partial charge < -0.3 is 10.8 Å². The number of benzene rings is 1. The average molecular weight is 328 g/mol. The predicted octanol–water partition coefficient (Wildman–Crippen LogP) is 4.63. The van der Waals surface area contributed by atoms with Crippen LogP contribution in [0.2, 0.25) is 0 Å². The van der Waals surface area contributed by atoms with Gasteiger partial charge in [0.05, 0.1) is 0 Å². The summed E-state index contributed by atoms with van der Waals surface area (Å²) in [4.78, 5) is 0. The minimum absolute atomic E-state index is 0.133. The van der Waals surface area contributed by atoms with E-state index in [-0.39, 0.29) is 5.92 Å². The third kappa shape index (κ3) is 7.07. The fourth-order valence-electron chi connectivity index (χ4n) is 3.44. The van der Waals surface area contributed by atoms with Gasteiger partial charge in [0.15, 0.2) is 0 Å². The first-order valence-corrected chi connectivity index (χ1v) is 9.66. The monoisotopic (exact) mass is 327 g/mol. The lowest BCUT2D eigenvalue weighted by Crippen LogP contribution is -2.27. The third-order valence-corrected chi connectivity index (χ3v) is 5.30. The van der Waals surface area contributed by atoms with Crippen molar-refractivity contribution in [2.75, 3.05) is 0 Å². The van der Waals surface area contributed by atoms with Crippen LogP contribution in [-0.4, -0.2) is 11.3 Å². The fourth-order valence-corrected chi connectivity index (χ4v) is 3.44. The number of unbranched alkanes of at least 4 members (excludes halogenated alkanes) is 1. The van der Waals surface area contributed by atoms with Crippen LogP contribution in [0.15, 0.2) is 24.3 Å². The van der Waals surface area contributed by atoms with Gasteiger partial charge in [-0.2, -0.15) is 0 Å². The van der Waals surface area contributed by atoms with Crippen molar-refractivity contribution in [2.45, 2.75) is 77.4 Å². The number of hydrogen-bond acceptors (Lipinski definition) is 2. The second-order valence-electron chi connectivity index (χ2n) is 7.40. The first kappa shape index (κ1) is 19.0. The SMILES string of the molecule is C[C@H](CCc1ccc(C#CCCCC2CCCCC2)cc1)C(N)O. The van der Waals surface area contributed by atoms with Crippen molar-refractivity contribution in [1.82, 2.24) is 0 Å². The minimum Gasteiger partial charge on any atom is -0.379 e. The smallest absolute Gasteiger partial charge is 0.105 e. The van der Waals surface area contributed by atoms with Gasteiger partial charge >= 0.3 is 0 Å². The van der Waals surface area contributed by atoms with E-state index in [0.717, 1.165) is 30.7 Å². The Kier molecular flexibility index (Phi) is 8.36. The predicted molar refractivity (Wildman–Crippen MR) is 101 cm³/mol. The van der Waals surface area contributed by atoms with Crippen molar-refractivity contribution in [3.63, 3.8) is 0 Å². The Morgan fingerprint density at radius 3 is 2.54 bits per heavy atom. The van der Waals surface area contributed by atoms with Crippen LogP contribution in [-0.2, 0) is 6.42 Å². The van der Waals surface area contributed by atoms with Gasteiger partial charge in [-0.15, -0.1) is 0 Å². The molecular formula is C22H33NO. The largest absolute Gasteiger partial charge is 0.379 e. The molecule has 1 unspecified atom stereocenters. The minimum atomic E-state index is -0.719. The number of aryl methyl sites for hydroxylation is 1. The normalized spacial score (nSPS) is 17.8. The Labute approximate surface area is 147 Å². The van der Waals surface area contributed by atoms with E-state index in [1.54, 1.807) is 0 Å². The van der Waals surface area contributed by atoms with Crippen LogP contribution >= 0.6 is 0 Å². The van der Waals surface area contributed by atoms with Gasteiger partial charge in [0, 0.05) is 12.0 Å². The number of aliphatic hydroxyl groups excluding tert-OH is 1. The van der Waals surface area contributed by atoms with Gasteiger partial charge in [0.2, 0.25) is 0 Å². The highest BCUT2D eigenvalue weighted by Gasteiger charge is 2.12. The summed E-state index contributed by atoms with van der Waals surface area (Å²) >= 11 is 0. The standard InChI is InChI=1S/C22H33NO/c1-18(22(23)24)12-13-21-16-14-20(15-17-21)11-7-3-6-10-19-8-4-2-5-9-19/h14-19,22,24H,2-6,8-10,12-13,23H2,1H3/t18-,22?/m1/s1. The van der Waals surface area contributed by atoms with Gasteiger partial charge in [0.25, 0.3) is 0 Å². The second-order valence-corrected chi connectivity index (χ2v) is 7.40. The lowest BCUT2D eigenvalue weighted by atomic mass is 9.86. The molecule has 2 nitrogen and oxygen atoms in total. The quantitative estimate of drug-likeness (QED) is 0.435. The van der Waals surface area contributed by atoms with E-state index in [2.05, 4.69) is 36.1 Å². The Morgan fingerprint density at radius 1 is 1.17 bits per heavy atom. The zero-order valence-corrected chi connectivity index (χ0v) is 15.1. The van der Waals surface area contributed by atoms with Crippen molar-refractivity contribution in [2.24, 2.45) is 17.6 Å². The molecule has 0 bridgehead atoms. The molecule has 0 aromatic heterocycles. The Bertz CT molecular complexity index is 517. The summed E-state index contributed by atoms with van der Waals surface area (Å²) in [7, 11) is 0. The molecule has 1 aliphatic carbocycles. The molecule has 2 rings (SSSR count). The summed E-state index contributed by atoms with van der Waals surface area (Å²) in [6.45, 7) is 1.98. The van der Waals surface area contributed by atoms with Crippen molar-refractivity contribution in [3.8, 4) is 11.8 Å². The van der Waals surface area contributed by atoms with E-state index < -0.39 is 6.23 Å². The molecule has 2 heteroatoms. The molecule has 0 amide bonds. The summed E-state index contributed by atoms with van der Waals surface area (Å²) in [5, 5.41) is 9.33. The molecule has 0 spiro atoms. The lowest BCUT2D eigenvalue weighted by molar-refractivity contribution is 0.118. The van der Waals surface area contributed by atoms with Gasteiger partial charge in [-0.1, -0.05) is 63.0 Å². The summed E-state index contributed by atoms with van der Waals surface area (Å²) in [5.74, 6) is 7.71. The first-order valence-electron chi connectivity index (χ1n) is 9.66. The average Bonchev–Trinajstić information content (AvgIpc) is 2.61. The van der Waals surface area contributed by atoms with E-state index in [0.29, 0.717) is 0 Å². The van der Waals surface area contributed by atoms with Crippen molar-refractivity contribution < 1.29 is 5.11 Å². The number of nitrogens with two attached hydrogens (primary N) is 1. The Morgan fingerprint density at radius 2 is 1.88 bits per heavy atom. The summed E-state index contributed by atoms with van der Waals surface area (Å²) in [5.41, 5.74) is 7.87. The van der Waals surface area contributed by atoms with Crippen LogP contribution in [0, 0.1) is 23.7 Å². The molecule has 1 aromatic carbocycles. The number of rotatable bonds is 7. The van der Waals surface area contributed by atoms with Gasteiger partial charge in [-0.3, -0.25) is 0 Å². The van der Waals surface area contributed by atoms with E-state index in [1.165, 1.54) is 50.5 Å². The topological polar surface area (TPSA) is 46.2 Å². The molecule has 1 aliphatic rings. The molecular weight excluding hydrogens is 294 g/mol. The van der Waals surface area contributed by atoms with Gasteiger partial charge in [-0.25, -0.2) is 0 Å². The van der Waals surface area contributed by atoms with Crippen LogP contribution in [0.1, 0.15) is 75.8 Å². The first-order chi connectivity index (χ1) is 11.6. The van der Waals surface area contributed by atoms with Gasteiger partial charge in [0.1, 0.15) is 6.23 Å². The van der Waals surface area contributed by atoms with Crippen LogP contribution < -0.4 is 5.73 Å². The Balaban J connectivity index is 1.67. The number of aliphatic hydroxyl groups is 1. The molecule has 1 saturated carbocycles. The highest BCUT2D eigenvalue weighted by atomic mass is 16.3. The third-order valence-electron chi connectivity index (χ3n) is 5.30. The Hall–Kier alpha value is -1.30. The molecule has 0 heterocycles. The van der Waals surface area contributed by atoms with Crippen LogP contribution in [0.5, 0.6) is 0 Å². The van der Waals surface area contributed by atoms with Gasteiger partial charge in [-0.05, 0) is 55.2 Å². The molecule has 3 N–H and O–H groups in total. The summed E-state index contributed by atoms with van der Waals surface area (Å²) in [6, 6.07) is 8.49. The van der Waals surface area contributed by atoms with E-state index in [1.807, 2.05) is 6.92 Å². The van der Waals surface area contributed by atoms with E-state index in [9.17, 15) is 5.11 Å². The highest BCUT2D eigenvalue weighted by molar-refractivity contribution is 5.36. The maximum atomic E-state index is 9.33. The van der Waals surface area contributed by atoms with E-state index in [4.69, 9.17) is 5.73 Å². The molecule has 0 saturated heterocycles. The van der Waals surface area contributed by atoms with E-state index >= 15 is 0 Å². The zero-order valence-electron chi connectivity index (χ0n) is 15.1. The lowest BCUT2D eigenvalue weighted by Gasteiger charge is -2.20. The van der Waals surface area contributed by atoms with Crippen molar-refractivity contribution in [3.05, 3.63) is 35.4 Å². The summed E-state index contributed by atoms with van der Waals surface area (Å²) in [6.07, 6.45) is 12.0. The van der Waals surface area contributed by atoms with Crippen LogP contribution in [0.4, 0.5) is 0 Å². The van der Waals surface area contributed by atoms with Crippen molar-refractivity contribution in [1.29, 1.82) is 0 Å². The zero-order chi connectivity index (χ0) is 17.2.